The van der Waals surface area contributed by atoms with Gasteiger partial charge < -0.3 is 10.2 Å². The molecule has 0 aromatic rings. The van der Waals surface area contributed by atoms with Crippen LogP contribution in [-0.4, -0.2) is 37.6 Å². The predicted molar refractivity (Wildman–Crippen MR) is 76.4 cm³/mol. The summed E-state index contributed by atoms with van der Waals surface area (Å²) in [7, 11) is 4.44. The lowest BCUT2D eigenvalue weighted by atomic mass is 9.70. The van der Waals surface area contributed by atoms with Crippen LogP contribution in [0, 0.1) is 5.41 Å². The highest BCUT2D eigenvalue weighted by molar-refractivity contribution is 4.96. The molecule has 1 fully saturated rings. The van der Waals surface area contributed by atoms with E-state index in [2.05, 4.69) is 45.1 Å². The molecule has 0 aromatic carbocycles. The van der Waals surface area contributed by atoms with Crippen LogP contribution in [0.5, 0.6) is 0 Å². The average molecular weight is 240 g/mol. The third-order valence-corrected chi connectivity index (χ3v) is 4.54. The van der Waals surface area contributed by atoms with Crippen LogP contribution in [0.4, 0.5) is 0 Å². The van der Waals surface area contributed by atoms with E-state index in [1.807, 2.05) is 0 Å². The highest BCUT2D eigenvalue weighted by Gasteiger charge is 2.39. The highest BCUT2D eigenvalue weighted by Crippen LogP contribution is 2.37. The Hall–Kier alpha value is -0.0800. The molecule has 17 heavy (non-hydrogen) atoms. The maximum atomic E-state index is 3.57. The van der Waals surface area contributed by atoms with Crippen molar-refractivity contribution in [3.05, 3.63) is 0 Å². The smallest absolute Gasteiger partial charge is 0.0271 e. The zero-order chi connectivity index (χ0) is 12.9. The minimum Gasteiger partial charge on any atom is -0.315 e. The van der Waals surface area contributed by atoms with Gasteiger partial charge in [-0.1, -0.05) is 40.0 Å². The molecule has 102 valence electrons. The lowest BCUT2D eigenvalue weighted by molar-refractivity contribution is 0.0663. The molecular weight excluding hydrogens is 208 g/mol. The molecule has 0 saturated heterocycles. The quantitative estimate of drug-likeness (QED) is 0.717. The van der Waals surface area contributed by atoms with E-state index in [0.717, 1.165) is 6.04 Å². The first kappa shape index (κ1) is 15.0. The van der Waals surface area contributed by atoms with Crippen molar-refractivity contribution in [3.8, 4) is 0 Å². The van der Waals surface area contributed by atoms with Crippen molar-refractivity contribution in [1.29, 1.82) is 0 Å². The van der Waals surface area contributed by atoms with E-state index in [1.165, 1.54) is 45.1 Å². The van der Waals surface area contributed by atoms with E-state index >= 15 is 0 Å². The van der Waals surface area contributed by atoms with Crippen LogP contribution in [0.15, 0.2) is 0 Å². The van der Waals surface area contributed by atoms with Crippen molar-refractivity contribution in [3.63, 3.8) is 0 Å². The maximum absolute atomic E-state index is 3.57. The Morgan fingerprint density at radius 1 is 1.29 bits per heavy atom. The standard InChI is InChI=1S/C15H32N2/c1-6-7-8-12-17(5)13-10-9-11-15(2,3)14(13)16-4/h13-14,16H,6-12H2,1-5H3. The Balaban J connectivity index is 2.54. The second-order valence-electron chi connectivity index (χ2n) is 6.40. The number of hydrogen-bond acceptors (Lipinski definition) is 2. The van der Waals surface area contributed by atoms with E-state index in [4.69, 9.17) is 0 Å². The van der Waals surface area contributed by atoms with Gasteiger partial charge >= 0.3 is 0 Å². The van der Waals surface area contributed by atoms with Gasteiger partial charge in [0.1, 0.15) is 0 Å². The summed E-state index contributed by atoms with van der Waals surface area (Å²) in [6.45, 7) is 8.37. The van der Waals surface area contributed by atoms with Gasteiger partial charge in [0, 0.05) is 12.1 Å². The van der Waals surface area contributed by atoms with Crippen LogP contribution in [0.25, 0.3) is 0 Å². The van der Waals surface area contributed by atoms with E-state index in [-0.39, 0.29) is 0 Å². The molecule has 2 atom stereocenters. The topological polar surface area (TPSA) is 15.3 Å². The largest absolute Gasteiger partial charge is 0.315 e. The minimum absolute atomic E-state index is 0.441. The van der Waals surface area contributed by atoms with Gasteiger partial charge in [-0.3, -0.25) is 0 Å². The highest BCUT2D eigenvalue weighted by atomic mass is 15.2. The number of nitrogens with one attached hydrogen (secondary N) is 1. The first-order chi connectivity index (χ1) is 8.03. The molecule has 0 radical (unpaired) electrons. The van der Waals surface area contributed by atoms with Gasteiger partial charge in [-0.25, -0.2) is 0 Å². The molecule has 2 unspecified atom stereocenters. The van der Waals surface area contributed by atoms with Crippen molar-refractivity contribution in [2.45, 2.75) is 71.4 Å². The van der Waals surface area contributed by atoms with Crippen molar-refractivity contribution < 1.29 is 0 Å². The molecule has 1 N–H and O–H groups in total. The van der Waals surface area contributed by atoms with Gasteiger partial charge in [0.25, 0.3) is 0 Å². The van der Waals surface area contributed by atoms with E-state index in [0.29, 0.717) is 11.5 Å². The number of unbranched alkanes of at least 4 members (excludes halogenated alkanes) is 2. The molecular formula is C15H32N2. The van der Waals surface area contributed by atoms with Crippen LogP contribution < -0.4 is 5.32 Å². The summed E-state index contributed by atoms with van der Waals surface area (Å²) in [5, 5.41) is 3.57. The SMILES string of the molecule is CCCCCN(C)C1CCCC(C)(C)C1NC. The van der Waals surface area contributed by atoms with E-state index in [9.17, 15) is 0 Å². The molecule has 0 aliphatic heterocycles. The summed E-state index contributed by atoms with van der Waals surface area (Å²) >= 11 is 0. The fraction of sp³-hybridized carbons (Fsp3) is 1.00. The molecule has 2 nitrogen and oxygen atoms in total. The van der Waals surface area contributed by atoms with Crippen molar-refractivity contribution in [2.24, 2.45) is 5.41 Å². The Morgan fingerprint density at radius 3 is 2.59 bits per heavy atom. The van der Waals surface area contributed by atoms with Crippen LogP contribution in [0.1, 0.15) is 59.3 Å². The lowest BCUT2D eigenvalue weighted by Crippen LogP contribution is -2.57. The lowest BCUT2D eigenvalue weighted by Gasteiger charge is -2.47. The Labute approximate surface area is 108 Å². The van der Waals surface area contributed by atoms with Gasteiger partial charge in [-0.15, -0.1) is 0 Å². The Bertz CT molecular complexity index is 213. The average Bonchev–Trinajstić information content (AvgIpc) is 2.27. The Morgan fingerprint density at radius 2 is 2.00 bits per heavy atom. The van der Waals surface area contributed by atoms with Crippen LogP contribution in [0.2, 0.25) is 0 Å². The van der Waals surface area contributed by atoms with Crippen LogP contribution in [-0.2, 0) is 0 Å². The van der Waals surface area contributed by atoms with Crippen molar-refractivity contribution >= 4 is 0 Å². The van der Waals surface area contributed by atoms with Gasteiger partial charge in [0.05, 0.1) is 0 Å². The third-order valence-electron chi connectivity index (χ3n) is 4.54. The second-order valence-corrected chi connectivity index (χ2v) is 6.40. The summed E-state index contributed by atoms with van der Waals surface area (Å²) in [5.41, 5.74) is 0.441. The zero-order valence-corrected chi connectivity index (χ0v) is 12.6. The van der Waals surface area contributed by atoms with E-state index in [1.54, 1.807) is 0 Å². The number of nitrogens with zero attached hydrogens (tertiary/aromatic N) is 1. The summed E-state index contributed by atoms with van der Waals surface area (Å²) in [6.07, 6.45) is 8.13. The fourth-order valence-electron chi connectivity index (χ4n) is 3.44. The Kier molecular flexibility index (Phi) is 5.94. The van der Waals surface area contributed by atoms with Crippen molar-refractivity contribution in [1.82, 2.24) is 10.2 Å². The first-order valence-electron chi connectivity index (χ1n) is 7.40. The number of hydrogen-bond donors (Lipinski definition) is 1. The van der Waals surface area contributed by atoms with Crippen molar-refractivity contribution in [2.75, 3.05) is 20.6 Å². The molecule has 0 amide bonds. The maximum Gasteiger partial charge on any atom is 0.0271 e. The summed E-state index contributed by atoms with van der Waals surface area (Å²) in [6, 6.07) is 1.36. The fourth-order valence-corrected chi connectivity index (χ4v) is 3.44. The van der Waals surface area contributed by atoms with Gasteiger partial charge in [0.2, 0.25) is 0 Å². The normalized spacial score (nSPS) is 28.6. The molecule has 1 saturated carbocycles. The summed E-state index contributed by atoms with van der Waals surface area (Å²) in [4.78, 5) is 2.59. The molecule has 1 rings (SSSR count). The molecule has 1 aliphatic carbocycles. The molecule has 0 aromatic heterocycles. The monoisotopic (exact) mass is 240 g/mol. The predicted octanol–water partition coefficient (Wildman–Crippen LogP) is 3.28. The van der Waals surface area contributed by atoms with Crippen LogP contribution >= 0.6 is 0 Å². The first-order valence-corrected chi connectivity index (χ1v) is 7.40. The third kappa shape index (κ3) is 3.96. The zero-order valence-electron chi connectivity index (χ0n) is 12.6. The summed E-state index contributed by atoms with van der Waals surface area (Å²) < 4.78 is 0. The van der Waals surface area contributed by atoms with Gasteiger partial charge in [-0.2, -0.15) is 0 Å². The summed E-state index contributed by atoms with van der Waals surface area (Å²) in [5.74, 6) is 0. The van der Waals surface area contributed by atoms with Crippen LogP contribution in [0.3, 0.4) is 0 Å². The van der Waals surface area contributed by atoms with E-state index < -0.39 is 0 Å². The molecule has 0 spiro atoms. The van der Waals surface area contributed by atoms with Gasteiger partial charge in [0.15, 0.2) is 0 Å². The van der Waals surface area contributed by atoms with Gasteiger partial charge in [-0.05, 0) is 45.3 Å². The number of rotatable bonds is 6. The molecule has 1 aliphatic rings. The molecule has 2 heteroatoms. The molecule has 0 bridgehead atoms. The number of likely N-dealkylation sites (N-methyl/N-ethyl adjacent to an activating group) is 2. The minimum atomic E-state index is 0.441. The molecule has 0 heterocycles. The second kappa shape index (κ2) is 6.75.